The Labute approximate surface area is 377 Å². The average Bonchev–Trinajstić information content (AvgIpc) is 4.08. The minimum atomic E-state index is -4.46. The first-order valence-corrected chi connectivity index (χ1v) is 22.9. The molecule has 9 aromatic carbocycles. The number of fused-ring (bicyclic) bond motifs is 14. The lowest BCUT2D eigenvalue weighted by Gasteiger charge is -2.20. The molecular weight excluding hydrogens is 848 g/mol. The summed E-state index contributed by atoms with van der Waals surface area (Å²) in [5.74, 6) is 0. The Balaban J connectivity index is 1.15. The zero-order valence-electron chi connectivity index (χ0n) is 34.5. The highest BCUT2D eigenvalue weighted by Crippen LogP contribution is 2.48. The maximum Gasteiger partial charge on any atom is 0.416 e. The minimum Gasteiger partial charge on any atom is -0.309 e. The molecule has 0 atom stereocenters. The molecule has 3 nitrogen and oxygen atoms in total. The van der Waals surface area contributed by atoms with Crippen molar-refractivity contribution in [2.24, 2.45) is 0 Å². The van der Waals surface area contributed by atoms with Crippen LogP contribution in [0.25, 0.3) is 118 Å². The van der Waals surface area contributed by atoms with Gasteiger partial charge in [-0.1, -0.05) is 103 Å². The van der Waals surface area contributed by atoms with Crippen LogP contribution in [0, 0.1) is 18.3 Å². The Bertz CT molecular complexity index is 4210. The summed E-state index contributed by atoms with van der Waals surface area (Å²) in [5, 5.41) is 19.9. The third kappa shape index (κ3) is 5.53. The van der Waals surface area contributed by atoms with Crippen LogP contribution in [0.1, 0.15) is 16.7 Å². The van der Waals surface area contributed by atoms with E-state index in [1.54, 1.807) is 35.7 Å². The average molecular weight is 880 g/mol. The van der Waals surface area contributed by atoms with Crippen molar-refractivity contribution in [2.45, 2.75) is 13.1 Å². The van der Waals surface area contributed by atoms with Crippen LogP contribution in [0.4, 0.5) is 13.2 Å². The molecule has 0 aliphatic rings. The van der Waals surface area contributed by atoms with Gasteiger partial charge in [0.15, 0.2) is 0 Å². The number of nitrogens with zero attached hydrogens (tertiary/aromatic N) is 3. The number of hydrogen-bond acceptors (Lipinski definition) is 3. The van der Waals surface area contributed by atoms with Gasteiger partial charge in [-0.15, -0.1) is 22.7 Å². The standard InChI is InChI=1S/C57H32F3N3S2/c1-32-28-35(57(58,59)60)20-22-36(32)34-19-25-47(62-45-14-6-2-12-42(45)53-48(62)26-23-40-38-10-4-8-16-51(38)64-55(40)53)44(30-34)37-21-18-33(31-61)29-50(37)63-46-15-7-3-13-43(46)54-49(63)27-24-41-39-11-5-9-17-52(39)65-56(41)54/h2-30H,1H3. The van der Waals surface area contributed by atoms with Crippen LogP contribution in [0.3, 0.4) is 0 Å². The van der Waals surface area contributed by atoms with E-state index in [1.165, 1.54) is 57.9 Å². The van der Waals surface area contributed by atoms with Gasteiger partial charge >= 0.3 is 6.18 Å². The van der Waals surface area contributed by atoms with Gasteiger partial charge in [-0.05, 0) is 96.4 Å². The predicted molar refractivity (Wildman–Crippen MR) is 266 cm³/mol. The number of benzene rings is 9. The molecule has 13 rings (SSSR count). The van der Waals surface area contributed by atoms with Crippen molar-refractivity contribution in [2.75, 3.05) is 0 Å². The van der Waals surface area contributed by atoms with Crippen molar-refractivity contribution in [3.05, 3.63) is 193 Å². The van der Waals surface area contributed by atoms with Gasteiger partial charge in [-0.3, -0.25) is 0 Å². The van der Waals surface area contributed by atoms with Crippen LogP contribution < -0.4 is 0 Å². The van der Waals surface area contributed by atoms with Gasteiger partial charge in [0.25, 0.3) is 0 Å². The second kappa shape index (κ2) is 13.9. The van der Waals surface area contributed by atoms with Crippen LogP contribution in [0.2, 0.25) is 0 Å². The number of thiophene rings is 2. The first-order valence-electron chi connectivity index (χ1n) is 21.3. The Morgan fingerprint density at radius 1 is 0.462 bits per heavy atom. The highest BCUT2D eigenvalue weighted by molar-refractivity contribution is 7.27. The van der Waals surface area contributed by atoms with Crippen LogP contribution in [0.5, 0.6) is 0 Å². The van der Waals surface area contributed by atoms with E-state index in [1.807, 2.05) is 24.3 Å². The lowest BCUT2D eigenvalue weighted by Crippen LogP contribution is -2.05. The highest BCUT2D eigenvalue weighted by atomic mass is 32.1. The summed E-state index contributed by atoms with van der Waals surface area (Å²) in [4.78, 5) is 0. The van der Waals surface area contributed by atoms with Crippen molar-refractivity contribution >= 4 is 107 Å². The fraction of sp³-hybridized carbons (Fsp3) is 0.0351. The molecule has 13 aromatic rings. The number of alkyl halides is 3. The van der Waals surface area contributed by atoms with Crippen molar-refractivity contribution in [1.29, 1.82) is 5.26 Å². The quantitative estimate of drug-likeness (QED) is 0.173. The van der Waals surface area contributed by atoms with Crippen molar-refractivity contribution in [3.8, 4) is 39.7 Å². The largest absolute Gasteiger partial charge is 0.416 e. The van der Waals surface area contributed by atoms with Gasteiger partial charge in [0.1, 0.15) is 0 Å². The molecule has 0 N–H and O–H groups in total. The van der Waals surface area contributed by atoms with Gasteiger partial charge in [0.2, 0.25) is 0 Å². The zero-order valence-corrected chi connectivity index (χ0v) is 36.2. The molecule has 0 unspecified atom stereocenters. The molecule has 0 bridgehead atoms. The molecule has 308 valence electrons. The topological polar surface area (TPSA) is 33.6 Å². The summed E-state index contributed by atoms with van der Waals surface area (Å²) in [6.07, 6.45) is -4.46. The number of nitriles is 1. The van der Waals surface area contributed by atoms with Gasteiger partial charge < -0.3 is 9.13 Å². The third-order valence-electron chi connectivity index (χ3n) is 13.1. The molecule has 8 heteroatoms. The van der Waals surface area contributed by atoms with Gasteiger partial charge in [-0.25, -0.2) is 0 Å². The first-order chi connectivity index (χ1) is 31.7. The Morgan fingerprint density at radius 2 is 1.00 bits per heavy atom. The zero-order chi connectivity index (χ0) is 43.7. The van der Waals surface area contributed by atoms with E-state index in [0.29, 0.717) is 16.7 Å². The van der Waals surface area contributed by atoms with Gasteiger partial charge in [0.05, 0.1) is 50.6 Å². The lowest BCUT2D eigenvalue weighted by molar-refractivity contribution is -0.137. The second-order valence-electron chi connectivity index (χ2n) is 16.7. The van der Waals surface area contributed by atoms with E-state index in [0.717, 1.165) is 66.3 Å². The molecule has 0 spiro atoms. The molecule has 0 aliphatic heterocycles. The number of para-hydroxylation sites is 2. The highest BCUT2D eigenvalue weighted by Gasteiger charge is 2.31. The maximum atomic E-state index is 14.0. The molecule has 0 fully saturated rings. The predicted octanol–water partition coefficient (Wildman–Crippen LogP) is 17.1. The van der Waals surface area contributed by atoms with E-state index >= 15 is 0 Å². The van der Waals surface area contributed by atoms with Crippen LogP contribution >= 0.6 is 22.7 Å². The normalized spacial score (nSPS) is 12.3. The van der Waals surface area contributed by atoms with Gasteiger partial charge in [0, 0.05) is 73.0 Å². The van der Waals surface area contributed by atoms with Crippen LogP contribution in [0.15, 0.2) is 176 Å². The fourth-order valence-corrected chi connectivity index (χ4v) is 12.8. The molecule has 0 saturated heterocycles. The monoisotopic (exact) mass is 879 g/mol. The Morgan fingerprint density at radius 3 is 1.57 bits per heavy atom. The summed E-state index contributed by atoms with van der Waals surface area (Å²) in [6, 6.07) is 61.4. The SMILES string of the molecule is Cc1cc(C(F)(F)F)ccc1-c1ccc(-n2c3ccccc3c3c4sc5ccccc5c4ccc32)c(-c2ccc(C#N)cc2-n2c3ccccc3c3c4sc5ccccc5c4ccc32)c1. The number of aryl methyl sites for hydroxylation is 1. The number of rotatable bonds is 4. The third-order valence-corrected chi connectivity index (χ3v) is 15.5. The summed E-state index contributed by atoms with van der Waals surface area (Å²) in [7, 11) is 0. The molecule has 0 amide bonds. The number of halogens is 3. The number of aromatic nitrogens is 2. The molecule has 4 aromatic heterocycles. The van der Waals surface area contributed by atoms with Crippen LogP contribution in [-0.2, 0) is 6.18 Å². The van der Waals surface area contributed by atoms with Crippen molar-refractivity contribution in [3.63, 3.8) is 0 Å². The van der Waals surface area contributed by atoms with E-state index < -0.39 is 11.7 Å². The Kier molecular flexibility index (Phi) is 8.09. The summed E-state index contributed by atoms with van der Waals surface area (Å²) in [6.45, 7) is 1.74. The summed E-state index contributed by atoms with van der Waals surface area (Å²) in [5.41, 5.74) is 9.42. The molecule has 4 heterocycles. The van der Waals surface area contributed by atoms with Crippen molar-refractivity contribution in [1.82, 2.24) is 9.13 Å². The lowest BCUT2D eigenvalue weighted by atomic mass is 9.92. The van der Waals surface area contributed by atoms with E-state index in [-0.39, 0.29) is 0 Å². The smallest absolute Gasteiger partial charge is 0.309 e. The molecule has 65 heavy (non-hydrogen) atoms. The van der Waals surface area contributed by atoms with Crippen molar-refractivity contribution < 1.29 is 13.2 Å². The minimum absolute atomic E-state index is 0.512. The maximum absolute atomic E-state index is 14.0. The Hall–Kier alpha value is -7.70. The van der Waals surface area contributed by atoms with Crippen LogP contribution in [-0.4, -0.2) is 9.13 Å². The molecule has 0 radical (unpaired) electrons. The molecule has 0 saturated carbocycles. The number of hydrogen-bond donors (Lipinski definition) is 0. The van der Waals surface area contributed by atoms with E-state index in [9.17, 15) is 18.4 Å². The second-order valence-corrected chi connectivity index (χ2v) is 18.8. The summed E-state index contributed by atoms with van der Waals surface area (Å²) >= 11 is 3.59. The van der Waals surface area contributed by atoms with Gasteiger partial charge in [-0.2, -0.15) is 18.4 Å². The first kappa shape index (κ1) is 37.8. The summed E-state index contributed by atoms with van der Waals surface area (Å²) < 4.78 is 51.5. The van der Waals surface area contributed by atoms with E-state index in [2.05, 4.69) is 149 Å². The fourth-order valence-electron chi connectivity index (χ4n) is 10.3. The van der Waals surface area contributed by atoms with E-state index in [4.69, 9.17) is 0 Å². The molecule has 0 aliphatic carbocycles. The molecular formula is C57H32F3N3S2.